The summed E-state index contributed by atoms with van der Waals surface area (Å²) in [5.41, 5.74) is 2.10. The van der Waals surface area contributed by atoms with Crippen molar-refractivity contribution in [3.63, 3.8) is 0 Å². The van der Waals surface area contributed by atoms with Crippen LogP contribution in [0.5, 0.6) is 0 Å². The van der Waals surface area contributed by atoms with E-state index in [1.54, 1.807) is 6.20 Å². The Labute approximate surface area is 168 Å². The molecule has 3 heterocycles. The lowest BCUT2D eigenvalue weighted by atomic mass is 9.92. The van der Waals surface area contributed by atoms with Gasteiger partial charge in [-0.25, -0.2) is 4.98 Å². The van der Waals surface area contributed by atoms with Gasteiger partial charge in [-0.3, -0.25) is 4.79 Å². The van der Waals surface area contributed by atoms with E-state index < -0.39 is 0 Å². The van der Waals surface area contributed by atoms with E-state index in [1.807, 2.05) is 17.0 Å². The molecule has 28 heavy (non-hydrogen) atoms. The number of hydrogen-bond acceptors (Lipinski definition) is 4. The molecule has 0 saturated carbocycles. The van der Waals surface area contributed by atoms with Crippen molar-refractivity contribution in [1.29, 1.82) is 0 Å². The van der Waals surface area contributed by atoms with Crippen molar-refractivity contribution in [3.8, 4) is 0 Å². The fourth-order valence-corrected chi connectivity index (χ4v) is 4.28. The first-order valence-electron chi connectivity index (χ1n) is 10.4. The molecule has 1 aromatic heterocycles. The van der Waals surface area contributed by atoms with Gasteiger partial charge in [0.15, 0.2) is 0 Å². The van der Waals surface area contributed by atoms with E-state index in [2.05, 4.69) is 52.2 Å². The van der Waals surface area contributed by atoms with Crippen LogP contribution in [0.25, 0.3) is 0 Å². The Hall–Kier alpha value is -2.40. The number of likely N-dealkylation sites (N-methyl/N-ethyl adjacent to an activating group) is 1. The molecule has 0 unspecified atom stereocenters. The van der Waals surface area contributed by atoms with Gasteiger partial charge in [-0.2, -0.15) is 0 Å². The minimum absolute atomic E-state index is 0.117. The molecule has 0 spiro atoms. The largest absolute Gasteiger partial charge is 0.354 e. The second-order valence-electron chi connectivity index (χ2n) is 8.03. The molecular formula is C23H30N4O. The van der Waals surface area contributed by atoms with Gasteiger partial charge in [-0.15, -0.1) is 0 Å². The second kappa shape index (κ2) is 8.74. The minimum atomic E-state index is 0.117. The lowest BCUT2D eigenvalue weighted by molar-refractivity contribution is 0.0760. The summed E-state index contributed by atoms with van der Waals surface area (Å²) in [6.45, 7) is 5.74. The van der Waals surface area contributed by atoms with Crippen LogP contribution in [0.1, 0.15) is 41.1 Å². The smallest absolute Gasteiger partial charge is 0.255 e. The topological polar surface area (TPSA) is 39.7 Å². The molecule has 0 bridgehead atoms. The first kappa shape index (κ1) is 18.9. The number of rotatable bonds is 3. The first-order chi connectivity index (χ1) is 13.7. The molecule has 1 atom stereocenters. The van der Waals surface area contributed by atoms with Crippen LogP contribution >= 0.6 is 0 Å². The zero-order valence-corrected chi connectivity index (χ0v) is 16.8. The van der Waals surface area contributed by atoms with Gasteiger partial charge in [0.25, 0.3) is 5.91 Å². The molecule has 0 N–H and O–H groups in total. The van der Waals surface area contributed by atoms with Crippen LogP contribution in [0.15, 0.2) is 48.7 Å². The zero-order valence-electron chi connectivity index (χ0n) is 16.8. The number of benzene rings is 1. The van der Waals surface area contributed by atoms with Gasteiger partial charge in [-0.1, -0.05) is 30.3 Å². The average molecular weight is 379 g/mol. The second-order valence-corrected chi connectivity index (χ2v) is 8.03. The van der Waals surface area contributed by atoms with E-state index in [-0.39, 0.29) is 5.91 Å². The number of amides is 1. The predicted molar refractivity (Wildman–Crippen MR) is 113 cm³/mol. The number of carbonyl (C=O) groups is 1. The summed E-state index contributed by atoms with van der Waals surface area (Å²) in [5.74, 6) is 1.65. The Bertz CT molecular complexity index is 769. The highest BCUT2D eigenvalue weighted by Gasteiger charge is 2.23. The number of hydrogen-bond donors (Lipinski definition) is 0. The van der Waals surface area contributed by atoms with Crippen molar-refractivity contribution < 1.29 is 4.79 Å². The predicted octanol–water partition coefficient (Wildman–Crippen LogP) is 3.24. The van der Waals surface area contributed by atoms with Gasteiger partial charge in [0.05, 0.1) is 5.56 Å². The molecule has 5 heteroatoms. The molecule has 1 aromatic carbocycles. The summed E-state index contributed by atoms with van der Waals surface area (Å²) in [6, 6.07) is 14.7. The number of aromatic nitrogens is 1. The molecular weight excluding hydrogens is 348 g/mol. The Kier molecular flexibility index (Phi) is 5.91. The van der Waals surface area contributed by atoms with E-state index in [4.69, 9.17) is 0 Å². The fraction of sp³-hybridized carbons (Fsp3) is 0.478. The van der Waals surface area contributed by atoms with Crippen molar-refractivity contribution in [2.24, 2.45) is 0 Å². The Morgan fingerprint density at radius 2 is 1.71 bits per heavy atom. The maximum atomic E-state index is 13.0. The zero-order chi connectivity index (χ0) is 19.3. The molecule has 1 amide bonds. The van der Waals surface area contributed by atoms with Crippen LogP contribution in [0.3, 0.4) is 0 Å². The van der Waals surface area contributed by atoms with E-state index in [9.17, 15) is 4.79 Å². The molecule has 2 saturated heterocycles. The normalized spacial score (nSPS) is 21.4. The summed E-state index contributed by atoms with van der Waals surface area (Å²) in [4.78, 5) is 24.2. The molecule has 2 aromatic rings. The third kappa shape index (κ3) is 4.36. The summed E-state index contributed by atoms with van der Waals surface area (Å²) in [5, 5.41) is 0. The Morgan fingerprint density at radius 1 is 0.929 bits per heavy atom. The summed E-state index contributed by atoms with van der Waals surface area (Å²) >= 11 is 0. The number of piperazine rings is 1. The van der Waals surface area contributed by atoms with E-state index in [1.165, 1.54) is 5.56 Å². The van der Waals surface area contributed by atoms with E-state index in [0.29, 0.717) is 11.5 Å². The van der Waals surface area contributed by atoms with Crippen LogP contribution in [-0.4, -0.2) is 67.0 Å². The van der Waals surface area contributed by atoms with Crippen LogP contribution in [0.2, 0.25) is 0 Å². The summed E-state index contributed by atoms with van der Waals surface area (Å²) in [7, 11) is 2.15. The molecule has 2 fully saturated rings. The molecule has 5 nitrogen and oxygen atoms in total. The van der Waals surface area contributed by atoms with E-state index in [0.717, 1.165) is 64.3 Å². The summed E-state index contributed by atoms with van der Waals surface area (Å²) in [6.07, 6.45) is 4.99. The Morgan fingerprint density at radius 3 is 2.43 bits per heavy atom. The van der Waals surface area contributed by atoms with Gasteiger partial charge in [0.2, 0.25) is 0 Å². The number of pyridine rings is 1. The number of nitrogens with zero attached hydrogens (tertiary/aromatic N) is 4. The van der Waals surface area contributed by atoms with Crippen LogP contribution in [-0.2, 0) is 0 Å². The van der Waals surface area contributed by atoms with E-state index >= 15 is 0 Å². The molecule has 148 valence electrons. The van der Waals surface area contributed by atoms with Crippen molar-refractivity contribution in [3.05, 3.63) is 59.8 Å². The van der Waals surface area contributed by atoms with Crippen LogP contribution in [0, 0.1) is 0 Å². The minimum Gasteiger partial charge on any atom is -0.354 e. The van der Waals surface area contributed by atoms with Gasteiger partial charge in [-0.05, 0) is 49.9 Å². The number of likely N-dealkylation sites (tertiary alicyclic amines) is 1. The maximum absolute atomic E-state index is 13.0. The SMILES string of the molecule is CN1CCN(c2ccc(C(=O)N3CCC[C@H](c4ccccc4)CC3)cn2)CC1. The van der Waals surface area contributed by atoms with Gasteiger partial charge in [0, 0.05) is 45.5 Å². The Balaban J connectivity index is 1.37. The van der Waals surface area contributed by atoms with Crippen LogP contribution < -0.4 is 4.90 Å². The monoisotopic (exact) mass is 378 g/mol. The maximum Gasteiger partial charge on any atom is 0.255 e. The van der Waals surface area contributed by atoms with Crippen LogP contribution in [0.4, 0.5) is 5.82 Å². The van der Waals surface area contributed by atoms with Gasteiger partial charge < -0.3 is 14.7 Å². The van der Waals surface area contributed by atoms with Crippen molar-refractivity contribution in [1.82, 2.24) is 14.8 Å². The molecule has 2 aliphatic rings. The average Bonchev–Trinajstić information content (AvgIpc) is 3.01. The lowest BCUT2D eigenvalue weighted by Crippen LogP contribution is -2.44. The summed E-state index contributed by atoms with van der Waals surface area (Å²) < 4.78 is 0. The third-order valence-corrected chi connectivity index (χ3v) is 6.11. The van der Waals surface area contributed by atoms with Crippen molar-refractivity contribution in [2.45, 2.75) is 25.2 Å². The molecule has 0 aliphatic carbocycles. The quantitative estimate of drug-likeness (QED) is 0.822. The number of anilines is 1. The molecule has 4 rings (SSSR count). The van der Waals surface area contributed by atoms with Gasteiger partial charge >= 0.3 is 0 Å². The molecule has 2 aliphatic heterocycles. The van der Waals surface area contributed by atoms with Gasteiger partial charge in [0.1, 0.15) is 5.82 Å². The first-order valence-corrected chi connectivity index (χ1v) is 10.4. The highest BCUT2D eigenvalue weighted by molar-refractivity contribution is 5.94. The standard InChI is InChI=1S/C23H30N4O/c1-25-14-16-26(17-15-25)22-10-9-21(18-24-22)23(28)27-12-5-8-20(11-13-27)19-6-3-2-4-7-19/h2-4,6-7,9-10,18,20H,5,8,11-17H2,1H3/t20-/m0/s1. The highest BCUT2D eigenvalue weighted by atomic mass is 16.2. The highest BCUT2D eigenvalue weighted by Crippen LogP contribution is 2.28. The van der Waals surface area contributed by atoms with Crippen molar-refractivity contribution >= 4 is 11.7 Å². The number of carbonyl (C=O) groups excluding carboxylic acids is 1. The molecule has 0 radical (unpaired) electrons. The third-order valence-electron chi connectivity index (χ3n) is 6.11. The lowest BCUT2D eigenvalue weighted by Gasteiger charge is -2.33. The fourth-order valence-electron chi connectivity index (χ4n) is 4.28. The van der Waals surface area contributed by atoms with Crippen molar-refractivity contribution in [2.75, 3.05) is 51.2 Å².